The lowest BCUT2D eigenvalue weighted by atomic mass is 10.2. The molecule has 0 fully saturated rings. The van der Waals surface area contributed by atoms with Crippen molar-refractivity contribution in [2.75, 3.05) is 37.8 Å². The summed E-state index contributed by atoms with van der Waals surface area (Å²) in [7, 11) is 4.17. The van der Waals surface area contributed by atoms with E-state index in [1.54, 1.807) is 11.8 Å². The van der Waals surface area contributed by atoms with Crippen molar-refractivity contribution in [1.82, 2.24) is 26.2 Å². The van der Waals surface area contributed by atoms with Crippen LogP contribution in [0.3, 0.4) is 0 Å². The van der Waals surface area contributed by atoms with Gasteiger partial charge in [-0.25, -0.2) is 0 Å². The second-order valence-corrected chi connectivity index (χ2v) is 9.23. The fourth-order valence-electron chi connectivity index (χ4n) is 2.86. The van der Waals surface area contributed by atoms with Gasteiger partial charge in [-0.05, 0) is 18.6 Å². The lowest BCUT2D eigenvalue weighted by Gasteiger charge is -2.12. The van der Waals surface area contributed by atoms with Crippen LogP contribution in [0.2, 0.25) is 0 Å². The zero-order valence-electron chi connectivity index (χ0n) is 23.0. The zero-order valence-corrected chi connectivity index (χ0v) is 23.8. The van der Waals surface area contributed by atoms with Crippen molar-refractivity contribution in [1.29, 1.82) is 0 Å². The molecule has 0 aromatic heterocycles. The predicted molar refractivity (Wildman–Crippen MR) is 152 cm³/mol. The molecule has 0 aromatic rings. The van der Waals surface area contributed by atoms with Crippen LogP contribution in [0.5, 0.6) is 0 Å². The number of amides is 6. The third-order valence-corrected chi connectivity index (χ3v) is 5.81. The van der Waals surface area contributed by atoms with Crippen molar-refractivity contribution >= 4 is 61.7 Å². The van der Waals surface area contributed by atoms with Gasteiger partial charge in [0.25, 0.3) is 11.8 Å². The molecule has 39 heavy (non-hydrogen) atoms. The van der Waals surface area contributed by atoms with E-state index in [4.69, 9.17) is 4.79 Å². The number of nitrogens with zero attached hydrogens (tertiary/aromatic N) is 1. The summed E-state index contributed by atoms with van der Waals surface area (Å²) in [6.45, 7) is 4.32. The van der Waals surface area contributed by atoms with Gasteiger partial charge in [-0.15, -0.1) is 11.8 Å². The van der Waals surface area contributed by atoms with E-state index >= 15 is 0 Å². The summed E-state index contributed by atoms with van der Waals surface area (Å²) in [6, 6.07) is 0. The number of rotatable bonds is 19. The van der Waals surface area contributed by atoms with E-state index < -0.39 is 11.8 Å². The molecular formula is C25H42BN5O7S. The molecule has 14 heteroatoms. The predicted octanol–water partition coefficient (Wildman–Crippen LogP) is 0.189. The summed E-state index contributed by atoms with van der Waals surface area (Å²) in [6.07, 6.45) is 12.5. The molecule has 12 nitrogen and oxygen atoms in total. The SMILES string of the molecule is CCCCCCN1C(=O)C=CC1=O.CCCCCCSCNC(=O)CNC(=O)CNC(=O)CNC=O.[B]C=O. The molecular weight excluding hydrogens is 525 g/mol. The monoisotopic (exact) mass is 567 g/mol. The van der Waals surface area contributed by atoms with Crippen LogP contribution in [0.25, 0.3) is 0 Å². The van der Waals surface area contributed by atoms with Crippen molar-refractivity contribution in [2.45, 2.75) is 65.2 Å². The van der Waals surface area contributed by atoms with Crippen LogP contribution in [0, 0.1) is 0 Å². The lowest BCUT2D eigenvalue weighted by Crippen LogP contribution is -2.43. The van der Waals surface area contributed by atoms with Crippen molar-refractivity contribution < 1.29 is 33.6 Å². The highest BCUT2D eigenvalue weighted by Gasteiger charge is 2.21. The maximum atomic E-state index is 11.5. The quantitative estimate of drug-likeness (QED) is 0.0563. The Bertz CT molecular complexity index is 766. The minimum atomic E-state index is -0.476. The van der Waals surface area contributed by atoms with E-state index in [1.807, 2.05) is 0 Å². The first-order chi connectivity index (χ1) is 18.8. The molecule has 0 atom stereocenters. The van der Waals surface area contributed by atoms with E-state index in [0.29, 0.717) is 18.8 Å². The lowest BCUT2D eigenvalue weighted by molar-refractivity contribution is -0.137. The average Bonchev–Trinajstić information content (AvgIpc) is 3.24. The Labute approximate surface area is 236 Å². The van der Waals surface area contributed by atoms with Gasteiger partial charge in [-0.1, -0.05) is 52.4 Å². The molecule has 0 saturated heterocycles. The third kappa shape index (κ3) is 24.9. The van der Waals surface area contributed by atoms with Gasteiger partial charge in [0, 0.05) is 18.7 Å². The molecule has 0 bridgehead atoms. The molecule has 1 aliphatic heterocycles. The Morgan fingerprint density at radius 3 is 1.79 bits per heavy atom. The minimum Gasteiger partial charge on any atom is -0.350 e. The number of carbonyl (C=O) groups is 7. The van der Waals surface area contributed by atoms with Crippen LogP contribution < -0.4 is 21.3 Å². The molecule has 1 rings (SSSR count). The molecule has 4 N–H and O–H groups in total. The van der Waals surface area contributed by atoms with E-state index in [9.17, 15) is 28.8 Å². The second kappa shape index (κ2) is 27.9. The van der Waals surface area contributed by atoms with Crippen LogP contribution in [0.15, 0.2) is 12.2 Å². The first-order valence-electron chi connectivity index (χ1n) is 13.0. The highest BCUT2D eigenvalue weighted by atomic mass is 32.2. The summed E-state index contributed by atoms with van der Waals surface area (Å²) in [5.41, 5.74) is 0. The van der Waals surface area contributed by atoms with Crippen LogP contribution in [0.4, 0.5) is 0 Å². The van der Waals surface area contributed by atoms with Crippen LogP contribution in [-0.2, 0) is 33.6 Å². The normalized spacial score (nSPS) is 11.4. The van der Waals surface area contributed by atoms with Gasteiger partial charge in [-0.2, -0.15) is 0 Å². The Morgan fingerprint density at radius 2 is 1.28 bits per heavy atom. The van der Waals surface area contributed by atoms with Gasteiger partial charge in [-0.3, -0.25) is 33.7 Å². The highest BCUT2D eigenvalue weighted by Crippen LogP contribution is 2.07. The summed E-state index contributed by atoms with van der Waals surface area (Å²) in [5, 5.41) is 9.58. The van der Waals surface area contributed by atoms with Crippen LogP contribution in [-0.4, -0.2) is 92.7 Å². The minimum absolute atomic E-state index is 0.127. The van der Waals surface area contributed by atoms with Crippen molar-refractivity contribution in [3.63, 3.8) is 0 Å². The molecule has 2 radical (unpaired) electrons. The second-order valence-electron chi connectivity index (χ2n) is 8.12. The van der Waals surface area contributed by atoms with Gasteiger partial charge in [0.2, 0.25) is 24.1 Å². The first-order valence-corrected chi connectivity index (χ1v) is 14.2. The molecule has 6 amide bonds. The number of thioether (sulfide) groups is 1. The fraction of sp³-hybridized carbons (Fsp3) is 0.640. The summed E-state index contributed by atoms with van der Waals surface area (Å²) in [4.78, 5) is 76.0. The van der Waals surface area contributed by atoms with Crippen molar-refractivity contribution in [3.05, 3.63) is 12.2 Å². The van der Waals surface area contributed by atoms with Gasteiger partial charge in [0.05, 0.1) is 31.7 Å². The molecule has 0 unspecified atom stereocenters. The number of carbonyl (C=O) groups excluding carboxylic acids is 7. The summed E-state index contributed by atoms with van der Waals surface area (Å²) < 4.78 is 0. The Morgan fingerprint density at radius 1 is 0.795 bits per heavy atom. The molecule has 0 aliphatic carbocycles. The smallest absolute Gasteiger partial charge is 0.253 e. The average molecular weight is 568 g/mol. The molecule has 1 heterocycles. The zero-order chi connectivity index (χ0) is 29.7. The van der Waals surface area contributed by atoms with Gasteiger partial charge in [0.15, 0.2) is 7.85 Å². The topological polar surface area (TPSA) is 171 Å². The first kappa shape index (κ1) is 38.0. The molecule has 1 aliphatic rings. The maximum absolute atomic E-state index is 11.5. The largest absolute Gasteiger partial charge is 0.350 e. The van der Waals surface area contributed by atoms with E-state index in [2.05, 4.69) is 43.0 Å². The molecule has 0 spiro atoms. The Kier molecular flexibility index (Phi) is 27.1. The van der Waals surface area contributed by atoms with Crippen molar-refractivity contribution in [2.24, 2.45) is 0 Å². The van der Waals surface area contributed by atoms with Crippen molar-refractivity contribution in [3.8, 4) is 0 Å². The summed E-state index contributed by atoms with van der Waals surface area (Å²) in [5.74, 6) is -0.0121. The third-order valence-electron chi connectivity index (χ3n) is 4.89. The van der Waals surface area contributed by atoms with E-state index in [0.717, 1.165) is 25.0 Å². The number of nitrogens with one attached hydrogen (secondary N) is 4. The molecule has 0 saturated carbocycles. The van der Waals surface area contributed by atoms with Crippen LogP contribution in [0.1, 0.15) is 65.2 Å². The van der Waals surface area contributed by atoms with E-state index in [1.165, 1.54) is 49.2 Å². The molecule has 218 valence electrons. The number of hydrogen-bond donors (Lipinski definition) is 4. The fourth-order valence-corrected chi connectivity index (χ4v) is 3.68. The van der Waals surface area contributed by atoms with Gasteiger partial charge in [0.1, 0.15) is 0 Å². The van der Waals surface area contributed by atoms with Crippen LogP contribution >= 0.6 is 11.8 Å². The highest BCUT2D eigenvalue weighted by molar-refractivity contribution is 7.99. The Balaban J connectivity index is 0. The Hall–Kier alpha value is -3.16. The number of imide groups is 1. The van der Waals surface area contributed by atoms with Gasteiger partial charge < -0.3 is 26.1 Å². The van der Waals surface area contributed by atoms with Gasteiger partial charge >= 0.3 is 0 Å². The molecule has 0 aromatic carbocycles. The standard InChI is InChI=1S/C14H26N4O4S.C10H15NO2.CHBO/c1-2-3-4-5-6-23-11-18-14(22)9-17-13(21)8-16-12(20)7-15-10-19;1-2-3-4-5-8-11-9(12)6-7-10(11)13;2-1-3/h10H,2-9,11H2,1H3,(H,15,19)(H,16,20)(H,17,21)(H,18,22);6-7H,2-5,8H2,1H3;1H. The number of hydrogen-bond acceptors (Lipinski definition) is 8. The maximum Gasteiger partial charge on any atom is 0.253 e. The summed E-state index contributed by atoms with van der Waals surface area (Å²) >= 11 is 1.65. The number of unbranched alkanes of at least 4 members (excludes halogenated alkanes) is 6. The van der Waals surface area contributed by atoms with E-state index in [-0.39, 0.29) is 43.5 Å².